The van der Waals surface area contributed by atoms with Gasteiger partial charge in [-0.15, -0.1) is 0 Å². The molecule has 0 radical (unpaired) electrons. The van der Waals surface area contributed by atoms with Crippen LogP contribution in [0.5, 0.6) is 5.75 Å². The molecule has 1 aromatic rings. The third kappa shape index (κ3) is 2.38. The predicted octanol–water partition coefficient (Wildman–Crippen LogP) is 3.07. The van der Waals surface area contributed by atoms with E-state index >= 15 is 0 Å². The van der Waals surface area contributed by atoms with Crippen LogP contribution in [0.25, 0.3) is 0 Å². The molecule has 16 heavy (non-hydrogen) atoms. The van der Waals surface area contributed by atoms with Crippen LogP contribution >= 0.6 is 0 Å². The summed E-state index contributed by atoms with van der Waals surface area (Å²) in [7, 11) is 2.05. The van der Waals surface area contributed by atoms with Crippen LogP contribution in [0.4, 0.5) is 0 Å². The molecule has 2 nitrogen and oxygen atoms in total. The highest BCUT2D eigenvalue weighted by Gasteiger charge is 2.17. The molecule has 88 valence electrons. The van der Waals surface area contributed by atoms with Crippen molar-refractivity contribution in [3.63, 3.8) is 0 Å². The molecule has 2 heteroatoms. The first-order chi connectivity index (χ1) is 7.85. The van der Waals surface area contributed by atoms with E-state index < -0.39 is 0 Å². The Bertz CT molecular complexity index is 349. The van der Waals surface area contributed by atoms with Crippen LogP contribution < -0.4 is 10.1 Å². The van der Waals surface area contributed by atoms with E-state index in [-0.39, 0.29) is 0 Å². The van der Waals surface area contributed by atoms with Crippen molar-refractivity contribution in [1.82, 2.24) is 5.32 Å². The Balaban J connectivity index is 2.32. The van der Waals surface area contributed by atoms with E-state index in [9.17, 15) is 0 Å². The van der Waals surface area contributed by atoms with Gasteiger partial charge >= 0.3 is 0 Å². The molecule has 1 N–H and O–H groups in total. The minimum atomic E-state index is 0.498. The van der Waals surface area contributed by atoms with E-state index in [0.29, 0.717) is 6.04 Å². The monoisotopic (exact) mass is 219 g/mol. The number of benzene rings is 1. The number of rotatable bonds is 3. The number of hydrogen-bond donors (Lipinski definition) is 1. The van der Waals surface area contributed by atoms with Crippen LogP contribution in [-0.4, -0.2) is 13.7 Å². The molecule has 1 atom stereocenters. The molecule has 0 aromatic heterocycles. The largest absolute Gasteiger partial charge is 0.494 e. The first kappa shape index (κ1) is 11.5. The van der Waals surface area contributed by atoms with Crippen LogP contribution in [-0.2, 0) is 6.42 Å². The molecule has 0 fully saturated rings. The van der Waals surface area contributed by atoms with Gasteiger partial charge in [-0.05, 0) is 56.5 Å². The van der Waals surface area contributed by atoms with Crippen LogP contribution in [0.3, 0.4) is 0 Å². The summed E-state index contributed by atoms with van der Waals surface area (Å²) in [5.41, 5.74) is 2.92. The maximum absolute atomic E-state index is 5.58. The minimum Gasteiger partial charge on any atom is -0.494 e. The Hall–Kier alpha value is -1.02. The molecule has 0 heterocycles. The molecule has 0 saturated heterocycles. The second-order valence-corrected chi connectivity index (χ2v) is 4.38. The van der Waals surface area contributed by atoms with E-state index in [2.05, 4.69) is 23.5 Å². The molecule has 1 aromatic carbocycles. The Labute approximate surface area is 98.0 Å². The van der Waals surface area contributed by atoms with E-state index in [4.69, 9.17) is 4.74 Å². The molecular weight excluding hydrogens is 198 g/mol. The summed E-state index contributed by atoms with van der Waals surface area (Å²) in [5.74, 6) is 1.00. The van der Waals surface area contributed by atoms with Crippen molar-refractivity contribution < 1.29 is 4.74 Å². The molecule has 1 unspecified atom stereocenters. The standard InChI is InChI=1S/C14H21NO/c1-3-16-12-9-8-11-6-4-5-7-14(15-2)13(11)10-12/h8-10,14-15H,3-7H2,1-2H3. The van der Waals surface area contributed by atoms with Gasteiger partial charge in [0.15, 0.2) is 0 Å². The number of hydrogen-bond acceptors (Lipinski definition) is 2. The Morgan fingerprint density at radius 2 is 2.25 bits per heavy atom. The molecule has 0 amide bonds. The number of aryl methyl sites for hydroxylation is 1. The van der Waals surface area contributed by atoms with Gasteiger partial charge in [0.2, 0.25) is 0 Å². The molecule has 0 spiro atoms. The van der Waals surface area contributed by atoms with Crippen molar-refractivity contribution in [2.45, 2.75) is 38.6 Å². The molecule has 0 saturated carbocycles. The zero-order valence-electron chi connectivity index (χ0n) is 10.3. The summed E-state index contributed by atoms with van der Waals surface area (Å²) >= 11 is 0. The first-order valence-corrected chi connectivity index (χ1v) is 6.28. The summed E-state index contributed by atoms with van der Waals surface area (Å²) in [6.45, 7) is 2.77. The summed E-state index contributed by atoms with van der Waals surface area (Å²) < 4.78 is 5.58. The van der Waals surface area contributed by atoms with Gasteiger partial charge < -0.3 is 10.1 Å². The second-order valence-electron chi connectivity index (χ2n) is 4.38. The second kappa shape index (κ2) is 5.35. The Kier molecular flexibility index (Phi) is 3.83. The average molecular weight is 219 g/mol. The predicted molar refractivity (Wildman–Crippen MR) is 67.0 cm³/mol. The Morgan fingerprint density at radius 1 is 1.38 bits per heavy atom. The minimum absolute atomic E-state index is 0.498. The summed E-state index contributed by atoms with van der Waals surface area (Å²) in [4.78, 5) is 0. The lowest BCUT2D eigenvalue weighted by Crippen LogP contribution is -2.16. The lowest BCUT2D eigenvalue weighted by molar-refractivity contribution is 0.339. The van der Waals surface area contributed by atoms with E-state index in [1.165, 1.54) is 36.8 Å². The lowest BCUT2D eigenvalue weighted by Gasteiger charge is -2.18. The molecule has 0 bridgehead atoms. The molecule has 0 aliphatic heterocycles. The number of ether oxygens (including phenoxy) is 1. The number of nitrogens with one attached hydrogen (secondary N) is 1. The van der Waals surface area contributed by atoms with E-state index in [0.717, 1.165) is 12.4 Å². The zero-order valence-corrected chi connectivity index (χ0v) is 10.3. The summed E-state index contributed by atoms with van der Waals surface area (Å²) in [6.07, 6.45) is 5.06. The fourth-order valence-electron chi connectivity index (χ4n) is 2.50. The van der Waals surface area contributed by atoms with Crippen molar-refractivity contribution in [2.24, 2.45) is 0 Å². The van der Waals surface area contributed by atoms with Crippen LogP contribution in [0.1, 0.15) is 43.4 Å². The molecule has 2 rings (SSSR count). The first-order valence-electron chi connectivity index (χ1n) is 6.28. The third-order valence-electron chi connectivity index (χ3n) is 3.34. The highest BCUT2D eigenvalue weighted by molar-refractivity contribution is 5.38. The van der Waals surface area contributed by atoms with Gasteiger partial charge in [-0.1, -0.05) is 12.5 Å². The van der Waals surface area contributed by atoms with Crippen molar-refractivity contribution in [3.8, 4) is 5.75 Å². The van der Waals surface area contributed by atoms with Crippen molar-refractivity contribution >= 4 is 0 Å². The molecular formula is C14H21NO. The van der Waals surface area contributed by atoms with Gasteiger partial charge in [-0.2, -0.15) is 0 Å². The smallest absolute Gasteiger partial charge is 0.119 e. The van der Waals surface area contributed by atoms with Gasteiger partial charge in [0.1, 0.15) is 5.75 Å². The SMILES string of the molecule is CCOc1ccc2c(c1)C(NC)CCCC2. The van der Waals surface area contributed by atoms with Gasteiger partial charge in [0.05, 0.1) is 6.61 Å². The van der Waals surface area contributed by atoms with Gasteiger partial charge in [0.25, 0.3) is 0 Å². The van der Waals surface area contributed by atoms with Gasteiger partial charge in [0, 0.05) is 6.04 Å². The maximum Gasteiger partial charge on any atom is 0.119 e. The van der Waals surface area contributed by atoms with Crippen LogP contribution in [0.2, 0.25) is 0 Å². The quantitative estimate of drug-likeness (QED) is 0.789. The topological polar surface area (TPSA) is 21.3 Å². The van der Waals surface area contributed by atoms with Crippen molar-refractivity contribution in [1.29, 1.82) is 0 Å². The van der Waals surface area contributed by atoms with Crippen molar-refractivity contribution in [3.05, 3.63) is 29.3 Å². The molecule has 1 aliphatic rings. The highest BCUT2D eigenvalue weighted by Crippen LogP contribution is 2.31. The third-order valence-corrected chi connectivity index (χ3v) is 3.34. The number of fused-ring (bicyclic) bond motifs is 1. The average Bonchev–Trinajstić information content (AvgIpc) is 2.51. The van der Waals surface area contributed by atoms with E-state index in [1.807, 2.05) is 14.0 Å². The van der Waals surface area contributed by atoms with E-state index in [1.54, 1.807) is 0 Å². The molecule has 1 aliphatic carbocycles. The summed E-state index contributed by atoms with van der Waals surface area (Å²) in [5, 5.41) is 3.41. The van der Waals surface area contributed by atoms with Gasteiger partial charge in [-0.3, -0.25) is 0 Å². The van der Waals surface area contributed by atoms with Crippen LogP contribution in [0, 0.1) is 0 Å². The van der Waals surface area contributed by atoms with Crippen LogP contribution in [0.15, 0.2) is 18.2 Å². The van der Waals surface area contributed by atoms with Crippen molar-refractivity contribution in [2.75, 3.05) is 13.7 Å². The normalized spacial score (nSPS) is 20.0. The highest BCUT2D eigenvalue weighted by atomic mass is 16.5. The lowest BCUT2D eigenvalue weighted by atomic mass is 9.99. The fourth-order valence-corrected chi connectivity index (χ4v) is 2.50. The summed E-state index contributed by atoms with van der Waals surface area (Å²) in [6, 6.07) is 7.04. The Morgan fingerprint density at radius 3 is 3.00 bits per heavy atom. The fraction of sp³-hybridized carbons (Fsp3) is 0.571. The van der Waals surface area contributed by atoms with Gasteiger partial charge in [-0.25, -0.2) is 0 Å². The zero-order chi connectivity index (χ0) is 11.4. The maximum atomic E-state index is 5.58.